The Hall–Kier alpha value is -2.15. The molecule has 0 aliphatic carbocycles. The third kappa shape index (κ3) is 1.57. The first kappa shape index (κ1) is 9.10. The van der Waals surface area contributed by atoms with Gasteiger partial charge in [0.15, 0.2) is 0 Å². The number of nitrogens with zero attached hydrogens (tertiary/aromatic N) is 1. The number of fused-ring (bicyclic) bond motifs is 1. The Labute approximate surface area is 94.4 Å². The minimum absolute atomic E-state index is 0.972. The zero-order chi connectivity index (χ0) is 10.8. The lowest BCUT2D eigenvalue weighted by molar-refractivity contribution is 1.40. The van der Waals surface area contributed by atoms with E-state index >= 15 is 0 Å². The second-order valence-electron chi connectivity index (χ2n) is 3.67. The molecule has 0 saturated carbocycles. The molecule has 0 saturated heterocycles. The summed E-state index contributed by atoms with van der Waals surface area (Å²) in [7, 11) is 0. The van der Waals surface area contributed by atoms with E-state index in [0.29, 0.717) is 0 Å². The Morgan fingerprint density at radius 2 is 1.69 bits per heavy atom. The average molecular weight is 204 g/mol. The van der Waals surface area contributed by atoms with Gasteiger partial charge >= 0.3 is 0 Å². The summed E-state index contributed by atoms with van der Waals surface area (Å²) < 4.78 is 0. The molecule has 76 valence electrons. The summed E-state index contributed by atoms with van der Waals surface area (Å²) in [5.41, 5.74) is 3.03. The van der Waals surface area contributed by atoms with Gasteiger partial charge in [-0.2, -0.15) is 0 Å². The second-order valence-corrected chi connectivity index (χ2v) is 3.67. The molecule has 1 aromatic heterocycles. The molecule has 16 heavy (non-hydrogen) atoms. The fourth-order valence-corrected chi connectivity index (χ4v) is 1.77. The van der Waals surface area contributed by atoms with Crippen molar-refractivity contribution in [3.05, 3.63) is 66.7 Å². The Morgan fingerprint density at radius 1 is 0.812 bits per heavy atom. The molecule has 0 unspecified atom stereocenters. The van der Waals surface area contributed by atoms with Gasteiger partial charge in [0.05, 0.1) is 5.52 Å². The van der Waals surface area contributed by atoms with Crippen molar-refractivity contribution in [3.63, 3.8) is 0 Å². The number of hydrogen-bond donors (Lipinski definition) is 0. The maximum Gasteiger partial charge on any atom is 0.0595 e. The van der Waals surface area contributed by atoms with Crippen LogP contribution in [0, 0.1) is 6.07 Å². The van der Waals surface area contributed by atoms with Gasteiger partial charge in [-0.15, -0.1) is 35.9 Å². The van der Waals surface area contributed by atoms with Crippen LogP contribution in [0.15, 0.2) is 60.7 Å². The third-order valence-corrected chi connectivity index (χ3v) is 2.58. The highest BCUT2D eigenvalue weighted by molar-refractivity contribution is 5.81. The number of aromatic nitrogens is 1. The molecule has 1 heteroatoms. The quantitative estimate of drug-likeness (QED) is 0.551. The van der Waals surface area contributed by atoms with E-state index in [1.54, 1.807) is 0 Å². The van der Waals surface area contributed by atoms with Crippen LogP contribution in [0.2, 0.25) is 0 Å². The monoisotopic (exact) mass is 204 g/mol. The van der Waals surface area contributed by atoms with Gasteiger partial charge < -0.3 is 0 Å². The van der Waals surface area contributed by atoms with Crippen LogP contribution in [0.4, 0.5) is 0 Å². The zero-order valence-corrected chi connectivity index (χ0v) is 8.72. The lowest BCUT2D eigenvalue weighted by Crippen LogP contribution is -1.84. The van der Waals surface area contributed by atoms with Crippen molar-refractivity contribution in [2.75, 3.05) is 0 Å². The number of rotatable bonds is 1. The van der Waals surface area contributed by atoms with Crippen molar-refractivity contribution >= 4 is 10.9 Å². The molecular weight excluding hydrogens is 194 g/mol. The predicted molar refractivity (Wildman–Crippen MR) is 66.0 cm³/mol. The molecule has 0 bridgehead atoms. The molecule has 1 heterocycles. The summed E-state index contributed by atoms with van der Waals surface area (Å²) in [6.07, 6.45) is 0. The molecule has 0 amide bonds. The smallest absolute Gasteiger partial charge is 0.0595 e. The molecule has 1 nitrogen and oxygen atoms in total. The average Bonchev–Trinajstić information content (AvgIpc) is 2.39. The van der Waals surface area contributed by atoms with E-state index in [4.69, 9.17) is 0 Å². The first-order valence-electron chi connectivity index (χ1n) is 5.26. The van der Waals surface area contributed by atoms with Gasteiger partial charge in [-0.25, -0.2) is 0 Å². The SMILES string of the molecule is [c-]1ccccc1-c1ccc2ccccc2n1. The van der Waals surface area contributed by atoms with E-state index in [1.807, 2.05) is 48.5 Å². The molecule has 3 aromatic rings. The molecule has 3 rings (SSSR count). The highest BCUT2D eigenvalue weighted by atomic mass is 14.7. The van der Waals surface area contributed by atoms with Crippen molar-refractivity contribution in [1.29, 1.82) is 0 Å². The fourth-order valence-electron chi connectivity index (χ4n) is 1.77. The zero-order valence-electron chi connectivity index (χ0n) is 8.72. The first-order valence-corrected chi connectivity index (χ1v) is 5.26. The first-order chi connectivity index (χ1) is 7.93. The predicted octanol–water partition coefficient (Wildman–Crippen LogP) is 3.70. The van der Waals surface area contributed by atoms with Crippen molar-refractivity contribution in [2.45, 2.75) is 0 Å². The minimum Gasteiger partial charge on any atom is -0.296 e. The summed E-state index contributed by atoms with van der Waals surface area (Å²) in [5.74, 6) is 0. The van der Waals surface area contributed by atoms with Crippen LogP contribution >= 0.6 is 0 Å². The highest BCUT2D eigenvalue weighted by Crippen LogP contribution is 2.19. The lowest BCUT2D eigenvalue weighted by atomic mass is 10.1. The van der Waals surface area contributed by atoms with E-state index in [2.05, 4.69) is 23.2 Å². The van der Waals surface area contributed by atoms with Gasteiger partial charge in [0, 0.05) is 0 Å². The molecule has 0 spiro atoms. The van der Waals surface area contributed by atoms with Crippen LogP contribution < -0.4 is 0 Å². The second kappa shape index (κ2) is 3.78. The Balaban J connectivity index is 2.19. The Bertz CT molecular complexity index is 614. The summed E-state index contributed by atoms with van der Waals surface area (Å²) >= 11 is 0. The molecular formula is C15H10N-. The Morgan fingerprint density at radius 3 is 2.56 bits per heavy atom. The molecule has 0 fully saturated rings. The topological polar surface area (TPSA) is 12.9 Å². The number of benzene rings is 2. The largest absolute Gasteiger partial charge is 0.296 e. The lowest BCUT2D eigenvalue weighted by Gasteiger charge is -2.08. The van der Waals surface area contributed by atoms with Crippen LogP contribution in [-0.2, 0) is 0 Å². The normalized spacial score (nSPS) is 10.5. The number of para-hydroxylation sites is 1. The number of pyridine rings is 1. The summed E-state index contributed by atoms with van der Waals surface area (Å²) in [6.45, 7) is 0. The van der Waals surface area contributed by atoms with Gasteiger partial charge in [-0.3, -0.25) is 4.98 Å². The van der Waals surface area contributed by atoms with Crippen molar-refractivity contribution in [3.8, 4) is 11.3 Å². The molecule has 0 aliphatic rings. The van der Waals surface area contributed by atoms with Gasteiger partial charge in [0.25, 0.3) is 0 Å². The van der Waals surface area contributed by atoms with E-state index in [9.17, 15) is 0 Å². The van der Waals surface area contributed by atoms with Crippen molar-refractivity contribution in [2.24, 2.45) is 0 Å². The molecule has 0 atom stereocenters. The van der Waals surface area contributed by atoms with Gasteiger partial charge in [0.2, 0.25) is 0 Å². The highest BCUT2D eigenvalue weighted by Gasteiger charge is 1.94. The van der Waals surface area contributed by atoms with Gasteiger partial charge in [-0.1, -0.05) is 30.3 Å². The maximum atomic E-state index is 4.61. The van der Waals surface area contributed by atoms with Crippen LogP contribution in [0.5, 0.6) is 0 Å². The standard InChI is InChI=1S/C15H10N/c1-2-6-12(7-3-1)15-11-10-13-8-4-5-9-14(13)16-15/h1-6,8-11H/q-1. The van der Waals surface area contributed by atoms with Crippen LogP contribution in [0.25, 0.3) is 22.2 Å². The van der Waals surface area contributed by atoms with E-state index < -0.39 is 0 Å². The molecule has 0 N–H and O–H groups in total. The molecule has 0 radical (unpaired) electrons. The van der Waals surface area contributed by atoms with Gasteiger partial charge in [-0.05, 0) is 17.1 Å². The Kier molecular flexibility index (Phi) is 2.15. The molecule has 2 aromatic carbocycles. The molecule has 0 aliphatic heterocycles. The van der Waals surface area contributed by atoms with E-state index in [-0.39, 0.29) is 0 Å². The van der Waals surface area contributed by atoms with Crippen LogP contribution in [0.1, 0.15) is 0 Å². The van der Waals surface area contributed by atoms with Gasteiger partial charge in [0.1, 0.15) is 0 Å². The van der Waals surface area contributed by atoms with Crippen LogP contribution in [0.3, 0.4) is 0 Å². The fraction of sp³-hybridized carbons (Fsp3) is 0. The third-order valence-electron chi connectivity index (χ3n) is 2.58. The van der Waals surface area contributed by atoms with Crippen molar-refractivity contribution < 1.29 is 0 Å². The minimum atomic E-state index is 0.972. The number of hydrogen-bond acceptors (Lipinski definition) is 1. The van der Waals surface area contributed by atoms with E-state index in [0.717, 1.165) is 16.8 Å². The van der Waals surface area contributed by atoms with Crippen LogP contribution in [-0.4, -0.2) is 4.98 Å². The van der Waals surface area contributed by atoms with E-state index in [1.165, 1.54) is 5.39 Å². The maximum absolute atomic E-state index is 4.61. The summed E-state index contributed by atoms with van der Waals surface area (Å²) in [5, 5.41) is 1.17. The van der Waals surface area contributed by atoms with Crippen molar-refractivity contribution in [1.82, 2.24) is 4.98 Å². The summed E-state index contributed by atoms with van der Waals surface area (Å²) in [6, 6.07) is 23.4. The summed E-state index contributed by atoms with van der Waals surface area (Å²) in [4.78, 5) is 4.61.